The van der Waals surface area contributed by atoms with Crippen LogP contribution in [0.1, 0.15) is 48.6 Å². The third-order valence-corrected chi connectivity index (χ3v) is 7.37. The average Bonchev–Trinajstić information content (AvgIpc) is 3.03. The first-order valence-corrected chi connectivity index (χ1v) is 11.1. The highest BCUT2D eigenvalue weighted by molar-refractivity contribution is 7.19. The third kappa shape index (κ3) is 4.02. The van der Waals surface area contributed by atoms with Crippen molar-refractivity contribution in [2.75, 3.05) is 0 Å². The number of aryl methyl sites for hydroxylation is 2. The Morgan fingerprint density at radius 2 is 1.37 bits per heavy atom. The molecule has 1 nitrogen and oxygen atoms in total. The standard InChI is InChI=1S/C22H22Cl2OS2/c1-11-7-14(10-15(19(11)25)22(4,5)6)18(20-12(2)8-16(23)26-20)21-13(3)9-17(24)27-21/h7-10H,1-6H3. The summed E-state index contributed by atoms with van der Waals surface area (Å²) in [6, 6.07) is 3.98. The minimum Gasteiger partial charge on any atom is -0.289 e. The van der Waals surface area contributed by atoms with E-state index in [1.165, 1.54) is 0 Å². The molecule has 0 unspecified atom stereocenters. The number of ketones is 1. The fraction of sp³-hybridized carbons (Fsp3) is 0.318. The van der Waals surface area contributed by atoms with Gasteiger partial charge in [-0.05, 0) is 72.7 Å². The van der Waals surface area contributed by atoms with E-state index in [1.807, 2.05) is 31.2 Å². The Morgan fingerprint density at radius 3 is 1.74 bits per heavy atom. The predicted octanol–water partition coefficient (Wildman–Crippen LogP) is 8.04. The summed E-state index contributed by atoms with van der Waals surface area (Å²) in [7, 11) is 0. The summed E-state index contributed by atoms with van der Waals surface area (Å²) in [6.07, 6.45) is 4.04. The highest BCUT2D eigenvalue weighted by Gasteiger charge is 2.29. The van der Waals surface area contributed by atoms with Gasteiger partial charge < -0.3 is 0 Å². The van der Waals surface area contributed by atoms with Crippen LogP contribution >= 0.6 is 45.9 Å². The van der Waals surface area contributed by atoms with Gasteiger partial charge in [0, 0.05) is 20.9 Å². The Hall–Kier alpha value is -1.13. The van der Waals surface area contributed by atoms with Crippen LogP contribution in [-0.2, 0) is 4.79 Å². The molecule has 0 aliphatic heterocycles. The van der Waals surface area contributed by atoms with Crippen molar-refractivity contribution in [3.63, 3.8) is 0 Å². The molecule has 1 aliphatic carbocycles. The molecule has 0 aromatic carbocycles. The van der Waals surface area contributed by atoms with Crippen LogP contribution in [0.5, 0.6) is 0 Å². The van der Waals surface area contributed by atoms with E-state index >= 15 is 0 Å². The molecular formula is C22H22Cl2OS2. The second kappa shape index (κ2) is 7.36. The second-order valence-corrected chi connectivity index (χ2v) is 11.3. The third-order valence-electron chi connectivity index (χ3n) is 4.60. The van der Waals surface area contributed by atoms with Crippen molar-refractivity contribution in [2.24, 2.45) is 5.41 Å². The van der Waals surface area contributed by atoms with Gasteiger partial charge >= 0.3 is 0 Å². The number of rotatable bonds is 2. The van der Waals surface area contributed by atoms with Crippen LogP contribution in [0.2, 0.25) is 8.67 Å². The largest absolute Gasteiger partial charge is 0.289 e. The van der Waals surface area contributed by atoms with Crippen molar-refractivity contribution in [1.82, 2.24) is 0 Å². The number of halogens is 2. The van der Waals surface area contributed by atoms with Crippen LogP contribution in [0.4, 0.5) is 0 Å². The Kier molecular flexibility index (Phi) is 5.62. The predicted molar refractivity (Wildman–Crippen MR) is 120 cm³/mol. The van der Waals surface area contributed by atoms with E-state index < -0.39 is 0 Å². The van der Waals surface area contributed by atoms with Gasteiger partial charge in [0.2, 0.25) is 0 Å². The summed E-state index contributed by atoms with van der Waals surface area (Å²) in [4.78, 5) is 15.0. The zero-order valence-corrected chi connectivity index (χ0v) is 19.4. The highest BCUT2D eigenvalue weighted by atomic mass is 35.5. The molecule has 0 saturated carbocycles. The quantitative estimate of drug-likeness (QED) is 0.465. The molecule has 0 fully saturated rings. The van der Waals surface area contributed by atoms with E-state index in [-0.39, 0.29) is 11.2 Å². The lowest BCUT2D eigenvalue weighted by Crippen LogP contribution is -2.21. The molecule has 2 aromatic heterocycles. The second-order valence-electron chi connectivity index (χ2n) is 7.92. The number of thiophene rings is 2. The zero-order valence-electron chi connectivity index (χ0n) is 16.3. The van der Waals surface area contributed by atoms with Gasteiger partial charge in [-0.1, -0.05) is 44.0 Å². The molecule has 5 heteroatoms. The highest BCUT2D eigenvalue weighted by Crippen LogP contribution is 2.44. The summed E-state index contributed by atoms with van der Waals surface area (Å²) < 4.78 is 1.52. The van der Waals surface area contributed by atoms with Gasteiger partial charge in [-0.3, -0.25) is 4.79 Å². The summed E-state index contributed by atoms with van der Waals surface area (Å²) in [5.41, 5.74) is 5.77. The SMILES string of the molecule is CC1=CC(=C(c2sc(Cl)cc2C)c2sc(Cl)cc2C)C=C(C(C)(C)C)C1=O. The van der Waals surface area contributed by atoms with E-state index in [9.17, 15) is 4.79 Å². The van der Waals surface area contributed by atoms with Crippen molar-refractivity contribution in [2.45, 2.75) is 41.5 Å². The van der Waals surface area contributed by atoms with Gasteiger partial charge in [-0.15, -0.1) is 22.7 Å². The van der Waals surface area contributed by atoms with E-state index in [4.69, 9.17) is 23.2 Å². The van der Waals surface area contributed by atoms with E-state index in [2.05, 4.69) is 34.6 Å². The summed E-state index contributed by atoms with van der Waals surface area (Å²) in [6.45, 7) is 12.3. The molecule has 0 amide bonds. The minimum absolute atomic E-state index is 0.118. The van der Waals surface area contributed by atoms with E-state index in [0.29, 0.717) is 0 Å². The molecule has 0 N–H and O–H groups in total. The van der Waals surface area contributed by atoms with Crippen molar-refractivity contribution in [3.05, 3.63) is 70.6 Å². The first-order valence-electron chi connectivity index (χ1n) is 8.71. The van der Waals surface area contributed by atoms with E-state index in [1.54, 1.807) is 22.7 Å². The fourth-order valence-electron chi connectivity index (χ4n) is 3.22. The lowest BCUT2D eigenvalue weighted by atomic mass is 9.77. The van der Waals surface area contributed by atoms with Crippen molar-refractivity contribution >= 4 is 57.2 Å². The summed E-state index contributed by atoms with van der Waals surface area (Å²) in [5, 5.41) is 0. The van der Waals surface area contributed by atoms with Crippen LogP contribution in [0.3, 0.4) is 0 Å². The average molecular weight is 437 g/mol. The van der Waals surface area contributed by atoms with Gasteiger partial charge in [0.05, 0.1) is 8.67 Å². The number of allylic oxidation sites excluding steroid dienone is 5. The van der Waals surface area contributed by atoms with Gasteiger partial charge in [-0.2, -0.15) is 0 Å². The monoisotopic (exact) mass is 436 g/mol. The number of hydrogen-bond acceptors (Lipinski definition) is 3. The zero-order chi connectivity index (χ0) is 20.1. The van der Waals surface area contributed by atoms with Crippen LogP contribution in [-0.4, -0.2) is 5.78 Å². The summed E-state index contributed by atoms with van der Waals surface area (Å²) in [5.74, 6) is 0.118. The molecule has 27 heavy (non-hydrogen) atoms. The summed E-state index contributed by atoms with van der Waals surface area (Å²) >= 11 is 15.8. The van der Waals surface area contributed by atoms with Crippen molar-refractivity contribution < 1.29 is 4.79 Å². The molecule has 0 saturated heterocycles. The number of carbonyl (C=O) groups excluding carboxylic acids is 1. The van der Waals surface area contributed by atoms with Gasteiger partial charge in [-0.25, -0.2) is 0 Å². The Balaban J connectivity index is 2.39. The van der Waals surface area contributed by atoms with Gasteiger partial charge in [0.25, 0.3) is 0 Å². The van der Waals surface area contributed by atoms with Crippen LogP contribution in [0, 0.1) is 19.3 Å². The lowest BCUT2D eigenvalue weighted by molar-refractivity contribution is -0.113. The number of hydrogen-bond donors (Lipinski definition) is 0. The molecular weight excluding hydrogens is 415 g/mol. The smallest absolute Gasteiger partial charge is 0.185 e. The maximum atomic E-state index is 12.8. The Labute approximate surface area is 179 Å². The molecule has 0 bridgehead atoms. The number of Topliss-reactive ketones (excluding diaryl/α,β-unsaturated/α-hetero) is 1. The van der Waals surface area contributed by atoms with E-state index in [0.717, 1.165) is 51.8 Å². The molecule has 2 aromatic rings. The van der Waals surface area contributed by atoms with Crippen LogP contribution in [0.15, 0.2) is 41.0 Å². The number of carbonyl (C=O) groups is 1. The maximum absolute atomic E-state index is 12.8. The fourth-order valence-corrected chi connectivity index (χ4v) is 6.02. The molecule has 2 heterocycles. The first kappa shape index (κ1) is 20.6. The van der Waals surface area contributed by atoms with Crippen LogP contribution < -0.4 is 0 Å². The van der Waals surface area contributed by atoms with Crippen LogP contribution in [0.25, 0.3) is 5.57 Å². The van der Waals surface area contributed by atoms with Gasteiger partial charge in [0.15, 0.2) is 5.78 Å². The Bertz CT molecular complexity index is 975. The molecule has 0 radical (unpaired) electrons. The van der Waals surface area contributed by atoms with Crippen molar-refractivity contribution in [1.29, 1.82) is 0 Å². The molecule has 1 aliphatic rings. The molecule has 0 atom stereocenters. The van der Waals surface area contributed by atoms with Crippen molar-refractivity contribution in [3.8, 4) is 0 Å². The molecule has 3 rings (SSSR count). The topological polar surface area (TPSA) is 17.1 Å². The van der Waals surface area contributed by atoms with Gasteiger partial charge in [0.1, 0.15) is 0 Å². The Morgan fingerprint density at radius 1 is 0.889 bits per heavy atom. The normalized spacial score (nSPS) is 15.1. The first-order chi connectivity index (χ1) is 12.5. The molecule has 0 spiro atoms. The minimum atomic E-state index is -0.229. The maximum Gasteiger partial charge on any atom is 0.185 e. The lowest BCUT2D eigenvalue weighted by Gasteiger charge is -2.26. The molecule has 142 valence electrons.